The van der Waals surface area contributed by atoms with E-state index < -0.39 is 27.6 Å². The second kappa shape index (κ2) is 20.5. The van der Waals surface area contributed by atoms with E-state index in [-0.39, 0.29) is 32.0 Å². The summed E-state index contributed by atoms with van der Waals surface area (Å²) in [6, 6.07) is 54.1. The van der Waals surface area contributed by atoms with Crippen LogP contribution in [0, 0.1) is 6.92 Å². The van der Waals surface area contributed by atoms with Crippen molar-refractivity contribution in [2.45, 2.75) is 110 Å². The van der Waals surface area contributed by atoms with Crippen molar-refractivity contribution in [2.24, 2.45) is 0 Å². The molecule has 1 unspecified atom stereocenters. The lowest BCUT2D eigenvalue weighted by molar-refractivity contribution is 0.00578. The molecule has 0 bridgehead atoms. The molecule has 2 saturated heterocycles. The highest BCUT2D eigenvalue weighted by Gasteiger charge is 2.57. The number of rotatable bonds is 6. The molecular formula is C54H66B2BrO6Si2+. The quantitative estimate of drug-likeness (QED) is 0.133. The smallest absolute Gasteiger partial charge is 0.409 e. The van der Waals surface area contributed by atoms with Gasteiger partial charge in [-0.25, -0.2) is 0 Å². The molecule has 0 radical (unpaired) electrons. The molecule has 0 saturated carbocycles. The van der Waals surface area contributed by atoms with Crippen molar-refractivity contribution < 1.29 is 28.1 Å². The van der Waals surface area contributed by atoms with Crippen LogP contribution in [0.2, 0.25) is 26.2 Å². The van der Waals surface area contributed by atoms with Gasteiger partial charge in [-0.05, 0) is 110 Å². The average Bonchev–Trinajstić information content (AvgIpc) is 3.82. The van der Waals surface area contributed by atoms with Crippen LogP contribution in [-0.4, -0.2) is 58.1 Å². The molecule has 338 valence electrons. The third-order valence-electron chi connectivity index (χ3n) is 13.3. The van der Waals surface area contributed by atoms with Gasteiger partial charge in [0.15, 0.2) is 0 Å². The fourth-order valence-corrected chi connectivity index (χ4v) is 13.0. The maximum atomic E-state index is 9.45. The van der Waals surface area contributed by atoms with Crippen LogP contribution in [0.5, 0.6) is 0 Å². The maximum Gasteiger partial charge on any atom is 0.497 e. The summed E-state index contributed by atoms with van der Waals surface area (Å²) in [4.78, 5) is 0. The van der Waals surface area contributed by atoms with E-state index in [1.54, 1.807) is 0 Å². The maximum absolute atomic E-state index is 9.45. The summed E-state index contributed by atoms with van der Waals surface area (Å²) in [5.41, 5.74) is 5.43. The highest BCUT2D eigenvalue weighted by Crippen LogP contribution is 2.37. The Bertz CT molecular complexity index is 2430. The van der Waals surface area contributed by atoms with E-state index in [1.165, 1.54) is 32.3 Å². The number of hydrogen-bond donors (Lipinski definition) is 1. The van der Waals surface area contributed by atoms with Crippen LogP contribution < -0.4 is 26.5 Å². The molecule has 0 amide bonds. The summed E-state index contributed by atoms with van der Waals surface area (Å²) in [5, 5.41) is 13.7. The van der Waals surface area contributed by atoms with Crippen LogP contribution in [0.1, 0.15) is 59.6 Å². The molecule has 0 aliphatic carbocycles. The molecule has 65 heavy (non-hydrogen) atoms. The topological polar surface area (TPSA) is 66.4 Å². The summed E-state index contributed by atoms with van der Waals surface area (Å²) in [6.07, 6.45) is 0. The van der Waals surface area contributed by atoms with Gasteiger partial charge in [0.2, 0.25) is 13.9 Å². The highest BCUT2D eigenvalue weighted by atomic mass is 79.9. The molecule has 1 atom stereocenters. The third kappa shape index (κ3) is 11.9. The monoisotopic (exact) mass is 967 g/mol. The van der Waals surface area contributed by atoms with Gasteiger partial charge in [0, 0.05) is 11.4 Å². The van der Waals surface area contributed by atoms with Crippen molar-refractivity contribution in [2.75, 3.05) is 0 Å². The molecule has 3 aliphatic rings. The van der Waals surface area contributed by atoms with Crippen molar-refractivity contribution in [3.8, 4) is 11.1 Å². The molecule has 0 aromatic heterocycles. The zero-order valence-corrected chi connectivity index (χ0v) is 43.7. The fourth-order valence-electron chi connectivity index (χ4n) is 7.84. The minimum Gasteiger partial charge on any atom is -0.409 e. The van der Waals surface area contributed by atoms with Crippen LogP contribution >= 0.6 is 15.9 Å². The largest absolute Gasteiger partial charge is 0.497 e. The molecule has 0 spiro atoms. The van der Waals surface area contributed by atoms with E-state index in [9.17, 15) is 5.11 Å². The first-order valence-electron chi connectivity index (χ1n) is 22.5. The molecule has 3 heterocycles. The number of hydrogen-bond acceptors (Lipinski definition) is 6. The summed E-state index contributed by atoms with van der Waals surface area (Å²) >= 11 is 3.42. The predicted molar refractivity (Wildman–Crippen MR) is 281 cm³/mol. The lowest BCUT2D eigenvalue weighted by Crippen LogP contribution is -2.54. The Morgan fingerprint density at radius 2 is 1.05 bits per heavy atom. The molecule has 6 aromatic rings. The van der Waals surface area contributed by atoms with Gasteiger partial charge in [-0.1, -0.05) is 180 Å². The van der Waals surface area contributed by atoms with E-state index in [2.05, 4.69) is 174 Å². The Hall–Kier alpha value is -4.01. The molecule has 2 fully saturated rings. The Morgan fingerprint density at radius 1 is 0.585 bits per heavy atom. The first-order valence-corrected chi connectivity index (χ1v) is 29.2. The number of benzene rings is 6. The van der Waals surface area contributed by atoms with E-state index >= 15 is 0 Å². The molecule has 9 rings (SSSR count). The number of aliphatic hydroxyl groups is 1. The van der Waals surface area contributed by atoms with Gasteiger partial charge in [0.05, 0.1) is 31.3 Å². The predicted octanol–water partition coefficient (Wildman–Crippen LogP) is 9.85. The average molecular weight is 969 g/mol. The third-order valence-corrected chi connectivity index (χ3v) is 20.1. The van der Waals surface area contributed by atoms with Gasteiger partial charge < -0.3 is 28.1 Å². The highest BCUT2D eigenvalue weighted by molar-refractivity contribution is 9.10. The minimum atomic E-state index is -1.68. The van der Waals surface area contributed by atoms with E-state index in [4.69, 9.17) is 23.0 Å². The standard InChI is InChI=1S/C18H20BO2.C15H18OSi.C12H16BBrO2.C9H12OSi/c1-17(2)18(3,4)21-19(20-17)16-12-10-15(11-13-16)14-8-6-5-7-9-14;1-17(2,14-9-4-3-5-10-14)15-11-7-6-8-13(15)12-16;1-11(2)12(3,4)16-13(15-11)9-5-7-10(14)8-6-9;1-11(2)9-6-4-3-5-8(9)7-10-11/h5-13H,1H2,2-4H3;3-11,16H,12H2,1-2H3;5-8H,1-4H3;3-6H,7H2,1-2H3/q+1;;;. The SMILES string of the molecule is CC1(C)OB(c2ccc(Br)cc2)OC1(C)C.C[Si](C)(c1ccccc1)c1ccccc1CO.C[Si]1(C)OCc2ccccc21.[CH2+]C1(C)OB(c2ccc(-c3ccccc3)cc2)OC1(C)C. The number of aliphatic hydroxyl groups excluding tert-OH is 1. The van der Waals surface area contributed by atoms with Gasteiger partial charge in [-0.3, -0.25) is 0 Å². The van der Waals surface area contributed by atoms with Gasteiger partial charge >= 0.3 is 14.2 Å². The number of fused-ring (bicyclic) bond motifs is 1. The summed E-state index contributed by atoms with van der Waals surface area (Å²) < 4.78 is 30.7. The van der Waals surface area contributed by atoms with Gasteiger partial charge in [-0.15, -0.1) is 0 Å². The lowest BCUT2D eigenvalue weighted by Gasteiger charge is -2.32. The zero-order valence-electron chi connectivity index (χ0n) is 40.2. The molecule has 1 N–H and O–H groups in total. The minimum absolute atomic E-state index is 0.124. The van der Waals surface area contributed by atoms with Gasteiger partial charge in [-0.2, -0.15) is 0 Å². The first kappa shape index (κ1) is 50.4. The van der Waals surface area contributed by atoms with Crippen LogP contribution in [0.15, 0.2) is 162 Å². The normalized spacial score (nSPS) is 19.7. The lowest BCUT2D eigenvalue weighted by atomic mass is 9.78. The summed E-state index contributed by atoms with van der Waals surface area (Å²) in [7, 11) is -3.76. The zero-order chi connectivity index (χ0) is 47.3. The van der Waals surface area contributed by atoms with E-state index in [1.807, 2.05) is 81.4 Å². The fraction of sp³-hybridized carbons (Fsp3) is 0.315. The molecule has 11 heteroatoms. The second-order valence-corrected chi connectivity index (χ2v) is 28.8. The molecule has 6 aromatic carbocycles. The summed E-state index contributed by atoms with van der Waals surface area (Å²) in [6.45, 7) is 28.5. The van der Waals surface area contributed by atoms with E-state index in [0.717, 1.165) is 27.6 Å². The van der Waals surface area contributed by atoms with Crippen LogP contribution in [-0.2, 0) is 36.3 Å². The summed E-state index contributed by atoms with van der Waals surface area (Å²) in [5.74, 6) is 0. The Labute approximate surface area is 400 Å². The van der Waals surface area contributed by atoms with Crippen molar-refractivity contribution in [3.63, 3.8) is 0 Å². The van der Waals surface area contributed by atoms with Crippen LogP contribution in [0.4, 0.5) is 0 Å². The Morgan fingerprint density at radius 3 is 1.58 bits per heavy atom. The van der Waals surface area contributed by atoms with Crippen LogP contribution in [0.25, 0.3) is 11.1 Å². The van der Waals surface area contributed by atoms with Crippen molar-refractivity contribution in [3.05, 3.63) is 180 Å². The van der Waals surface area contributed by atoms with Crippen molar-refractivity contribution >= 4 is 73.0 Å². The number of halogens is 1. The van der Waals surface area contributed by atoms with Crippen molar-refractivity contribution in [1.82, 2.24) is 0 Å². The second-order valence-electron chi connectivity index (χ2n) is 19.7. The van der Waals surface area contributed by atoms with Gasteiger partial charge in [0.25, 0.3) is 0 Å². The first-order chi connectivity index (χ1) is 30.6. The Kier molecular flexibility index (Phi) is 15.9. The molecule has 6 nitrogen and oxygen atoms in total. The van der Waals surface area contributed by atoms with E-state index in [0.29, 0.717) is 0 Å². The molecule has 3 aliphatic heterocycles. The van der Waals surface area contributed by atoms with Crippen LogP contribution in [0.3, 0.4) is 0 Å². The van der Waals surface area contributed by atoms with Crippen molar-refractivity contribution in [1.29, 1.82) is 0 Å². The Balaban J connectivity index is 0.000000147. The molecular weight excluding hydrogens is 902 g/mol. The van der Waals surface area contributed by atoms with Gasteiger partial charge in [0.1, 0.15) is 13.7 Å².